The first-order chi connectivity index (χ1) is 12.7. The zero-order valence-electron chi connectivity index (χ0n) is 16.0. The number of rotatable bonds is 4. The minimum absolute atomic E-state index is 0.129. The number of nitrogens with one attached hydrogen (secondary N) is 1. The maximum Gasteiger partial charge on any atom is 0.241 e. The van der Waals surface area contributed by atoms with Gasteiger partial charge in [0.25, 0.3) is 0 Å². The van der Waals surface area contributed by atoms with Gasteiger partial charge in [0.1, 0.15) is 11.4 Å². The Labute approximate surface area is 161 Å². The highest BCUT2D eigenvalue weighted by Gasteiger charge is 2.42. The predicted octanol–water partition coefficient (Wildman–Crippen LogP) is 4.63. The van der Waals surface area contributed by atoms with E-state index in [1.165, 1.54) is 0 Å². The minimum Gasteiger partial charge on any atom is -0.487 e. The lowest BCUT2D eigenvalue weighted by atomic mass is 9.80. The largest absolute Gasteiger partial charge is 0.487 e. The Morgan fingerprint density at radius 3 is 2.44 bits per heavy atom. The topological polar surface area (TPSA) is 59.8 Å². The number of hydrogen-bond acceptors (Lipinski definition) is 3. The monoisotopic (exact) mass is 384 g/mol. The molecule has 2 atom stereocenters. The normalized spacial score (nSPS) is 21.0. The van der Waals surface area contributed by atoms with Crippen molar-refractivity contribution >= 4 is 15.7 Å². The van der Waals surface area contributed by atoms with E-state index in [2.05, 4.69) is 9.57 Å². The van der Waals surface area contributed by atoms with Gasteiger partial charge in [0.05, 0.1) is 17.5 Å². The summed E-state index contributed by atoms with van der Waals surface area (Å²) < 4.78 is 34.9. The number of fused-ring (bicyclic) bond motifs is 1. The van der Waals surface area contributed by atoms with Crippen LogP contribution in [0.25, 0.3) is 4.85 Å². The number of hydrogen-bond donors (Lipinski definition) is 1. The van der Waals surface area contributed by atoms with Crippen LogP contribution in [-0.2, 0) is 16.4 Å². The quantitative estimate of drug-likeness (QED) is 0.782. The molecule has 0 amide bonds. The Bertz CT molecular complexity index is 989. The van der Waals surface area contributed by atoms with Crippen molar-refractivity contribution in [3.8, 4) is 5.75 Å². The standard InChI is InChI=1S/C21H24N2O3S/c1-6-15-7-10-17(11-8-15)27(24,25)23-20-14(2)21(3,4)26-19-12-9-16(22-5)13-18(19)20/h7-14,20,23H,6H2,1-4H3. The fourth-order valence-electron chi connectivity index (χ4n) is 3.29. The number of benzene rings is 2. The van der Waals surface area contributed by atoms with Crippen LogP contribution in [0.4, 0.5) is 5.69 Å². The van der Waals surface area contributed by atoms with Crippen molar-refractivity contribution in [1.82, 2.24) is 4.72 Å². The zero-order chi connectivity index (χ0) is 19.8. The summed E-state index contributed by atoms with van der Waals surface area (Å²) in [4.78, 5) is 3.70. The fourth-order valence-corrected chi connectivity index (χ4v) is 4.59. The Morgan fingerprint density at radius 2 is 1.85 bits per heavy atom. The lowest BCUT2D eigenvalue weighted by Gasteiger charge is -2.43. The van der Waals surface area contributed by atoms with E-state index in [9.17, 15) is 8.42 Å². The van der Waals surface area contributed by atoms with Gasteiger partial charge in [0.15, 0.2) is 5.69 Å². The molecule has 6 heteroatoms. The van der Waals surface area contributed by atoms with E-state index in [4.69, 9.17) is 11.3 Å². The third-order valence-electron chi connectivity index (χ3n) is 5.35. The molecule has 2 aromatic rings. The molecule has 2 unspecified atom stereocenters. The Morgan fingerprint density at radius 1 is 1.19 bits per heavy atom. The van der Waals surface area contributed by atoms with Crippen LogP contribution in [0.1, 0.15) is 44.9 Å². The van der Waals surface area contributed by atoms with Crippen LogP contribution in [0, 0.1) is 12.5 Å². The molecule has 3 rings (SSSR count). The van der Waals surface area contributed by atoms with Crippen LogP contribution >= 0.6 is 0 Å². The second kappa shape index (κ2) is 6.99. The van der Waals surface area contributed by atoms with E-state index in [-0.39, 0.29) is 10.8 Å². The van der Waals surface area contributed by atoms with Gasteiger partial charge in [-0.2, -0.15) is 0 Å². The zero-order valence-corrected chi connectivity index (χ0v) is 16.8. The molecular weight excluding hydrogens is 360 g/mol. The average molecular weight is 385 g/mol. The Kier molecular flexibility index (Phi) is 5.02. The Hall–Kier alpha value is -2.36. The van der Waals surface area contributed by atoms with Gasteiger partial charge in [0.2, 0.25) is 10.0 Å². The van der Waals surface area contributed by atoms with Gasteiger partial charge in [-0.1, -0.05) is 32.0 Å². The SMILES string of the molecule is [C-]#[N+]c1ccc2c(c1)C(NS(=O)(=O)c1ccc(CC)cc1)C(C)C(C)(C)O2. The highest BCUT2D eigenvalue weighted by molar-refractivity contribution is 7.89. The fraction of sp³-hybridized carbons (Fsp3) is 0.381. The van der Waals surface area contributed by atoms with Gasteiger partial charge in [-0.25, -0.2) is 18.0 Å². The van der Waals surface area contributed by atoms with Gasteiger partial charge in [-0.3, -0.25) is 0 Å². The van der Waals surface area contributed by atoms with Gasteiger partial charge < -0.3 is 4.74 Å². The van der Waals surface area contributed by atoms with Crippen molar-refractivity contribution in [1.29, 1.82) is 0 Å². The molecule has 1 heterocycles. The number of sulfonamides is 1. The van der Waals surface area contributed by atoms with Crippen molar-refractivity contribution in [2.75, 3.05) is 0 Å². The van der Waals surface area contributed by atoms with E-state index in [1.807, 2.05) is 39.8 Å². The van der Waals surface area contributed by atoms with Crippen molar-refractivity contribution in [2.45, 2.75) is 50.7 Å². The van der Waals surface area contributed by atoms with Crippen molar-refractivity contribution in [3.63, 3.8) is 0 Å². The molecule has 0 bridgehead atoms. The summed E-state index contributed by atoms with van der Waals surface area (Å²) in [5, 5.41) is 0. The van der Waals surface area contributed by atoms with Crippen LogP contribution in [0.15, 0.2) is 47.4 Å². The maximum absolute atomic E-state index is 13.0. The smallest absolute Gasteiger partial charge is 0.241 e. The second-order valence-corrected chi connectivity index (χ2v) is 9.14. The lowest BCUT2D eigenvalue weighted by Crippen LogP contribution is -2.48. The van der Waals surface area contributed by atoms with Crippen molar-refractivity contribution < 1.29 is 13.2 Å². The van der Waals surface area contributed by atoms with Crippen LogP contribution in [-0.4, -0.2) is 14.0 Å². The molecule has 0 radical (unpaired) electrons. The second-order valence-electron chi connectivity index (χ2n) is 7.42. The molecule has 0 saturated carbocycles. The summed E-state index contributed by atoms with van der Waals surface area (Å²) in [6, 6.07) is 11.6. The predicted molar refractivity (Wildman–Crippen MR) is 105 cm³/mol. The van der Waals surface area contributed by atoms with Crippen LogP contribution in [0.3, 0.4) is 0 Å². The van der Waals surface area contributed by atoms with Crippen LogP contribution in [0.2, 0.25) is 0 Å². The minimum atomic E-state index is -3.71. The summed E-state index contributed by atoms with van der Waals surface area (Å²) in [5.74, 6) is 0.482. The lowest BCUT2D eigenvalue weighted by molar-refractivity contribution is 0.0168. The first-order valence-electron chi connectivity index (χ1n) is 8.99. The molecule has 27 heavy (non-hydrogen) atoms. The molecule has 5 nitrogen and oxygen atoms in total. The van der Waals surface area contributed by atoms with Gasteiger partial charge in [-0.15, -0.1) is 0 Å². The van der Waals surface area contributed by atoms with Gasteiger partial charge >= 0.3 is 0 Å². The van der Waals surface area contributed by atoms with E-state index in [1.54, 1.807) is 30.3 Å². The summed E-state index contributed by atoms with van der Waals surface area (Å²) >= 11 is 0. The molecular formula is C21H24N2O3S. The molecule has 0 aliphatic carbocycles. The van der Waals surface area contributed by atoms with E-state index < -0.39 is 21.7 Å². The molecule has 0 aromatic heterocycles. The van der Waals surface area contributed by atoms with E-state index >= 15 is 0 Å². The third-order valence-corrected chi connectivity index (χ3v) is 6.81. The molecule has 142 valence electrons. The first-order valence-corrected chi connectivity index (χ1v) is 10.5. The summed E-state index contributed by atoms with van der Waals surface area (Å²) in [6.45, 7) is 15.1. The Balaban J connectivity index is 2.02. The average Bonchev–Trinajstić information content (AvgIpc) is 2.65. The van der Waals surface area contributed by atoms with Crippen LogP contribution in [0.5, 0.6) is 5.75 Å². The van der Waals surface area contributed by atoms with Crippen molar-refractivity contribution in [2.24, 2.45) is 5.92 Å². The molecule has 1 aliphatic rings. The number of ether oxygens (including phenoxy) is 1. The van der Waals surface area contributed by atoms with Gasteiger partial charge in [0, 0.05) is 11.5 Å². The molecule has 2 aromatic carbocycles. The summed E-state index contributed by atoms with van der Waals surface area (Å²) in [7, 11) is -3.71. The first kappa shape index (κ1) is 19.4. The molecule has 0 saturated heterocycles. The van der Waals surface area contributed by atoms with Crippen molar-refractivity contribution in [3.05, 3.63) is 65.0 Å². The third kappa shape index (κ3) is 3.71. The molecule has 0 fully saturated rings. The highest BCUT2D eigenvalue weighted by Crippen LogP contribution is 2.45. The highest BCUT2D eigenvalue weighted by atomic mass is 32.2. The van der Waals surface area contributed by atoms with Crippen LogP contribution < -0.4 is 9.46 Å². The maximum atomic E-state index is 13.0. The molecule has 0 spiro atoms. The molecule has 1 aliphatic heterocycles. The number of nitrogens with zero attached hydrogens (tertiary/aromatic N) is 1. The van der Waals surface area contributed by atoms with Gasteiger partial charge in [-0.05, 0) is 50.1 Å². The summed E-state index contributed by atoms with van der Waals surface area (Å²) in [6.07, 6.45) is 0.853. The van der Waals surface area contributed by atoms with E-state index in [0.29, 0.717) is 17.0 Å². The summed E-state index contributed by atoms with van der Waals surface area (Å²) in [5.41, 5.74) is 1.69. The number of aryl methyl sites for hydroxylation is 1. The molecule has 1 N–H and O–H groups in total. The van der Waals surface area contributed by atoms with E-state index in [0.717, 1.165) is 12.0 Å².